The Hall–Kier alpha value is -2.75. The van der Waals surface area contributed by atoms with Crippen molar-refractivity contribution >= 4 is 23.2 Å². The van der Waals surface area contributed by atoms with Crippen LogP contribution in [0, 0.1) is 0 Å². The molecule has 4 nitrogen and oxygen atoms in total. The molecule has 1 aliphatic rings. The van der Waals surface area contributed by atoms with E-state index in [9.17, 15) is 9.59 Å². The van der Waals surface area contributed by atoms with Crippen molar-refractivity contribution in [2.24, 2.45) is 4.99 Å². The molecule has 3 rings (SSSR count). The normalized spacial score (nSPS) is 15.2. The SMILES string of the molecule is CCCN1C(=O)/C(=N\C(=O)c2ccccc2)c2ccccc21. The summed E-state index contributed by atoms with van der Waals surface area (Å²) in [6.07, 6.45) is 0.847. The van der Waals surface area contributed by atoms with E-state index < -0.39 is 5.91 Å². The Labute approximate surface area is 129 Å². The Morgan fingerprint density at radius 1 is 1.05 bits per heavy atom. The van der Waals surface area contributed by atoms with E-state index in [1.807, 2.05) is 37.3 Å². The number of nitrogens with zero attached hydrogens (tertiary/aromatic N) is 2. The van der Waals surface area contributed by atoms with Gasteiger partial charge in [0.15, 0.2) is 0 Å². The average molecular weight is 292 g/mol. The number of para-hydroxylation sites is 1. The van der Waals surface area contributed by atoms with E-state index in [-0.39, 0.29) is 11.6 Å². The van der Waals surface area contributed by atoms with E-state index in [1.165, 1.54) is 0 Å². The van der Waals surface area contributed by atoms with Crippen LogP contribution >= 0.6 is 0 Å². The second-order valence-electron chi connectivity index (χ2n) is 5.11. The predicted molar refractivity (Wildman–Crippen MR) is 86.4 cm³/mol. The number of amides is 2. The summed E-state index contributed by atoms with van der Waals surface area (Å²) < 4.78 is 0. The number of carbonyl (C=O) groups excluding carboxylic acids is 2. The number of rotatable bonds is 3. The number of carbonyl (C=O) groups is 2. The first kappa shape index (κ1) is 14.2. The van der Waals surface area contributed by atoms with Crippen LogP contribution in [0.1, 0.15) is 29.3 Å². The van der Waals surface area contributed by atoms with Crippen molar-refractivity contribution in [3.8, 4) is 0 Å². The summed E-state index contributed by atoms with van der Waals surface area (Å²) in [4.78, 5) is 30.6. The van der Waals surface area contributed by atoms with Crippen molar-refractivity contribution in [2.75, 3.05) is 11.4 Å². The largest absolute Gasteiger partial charge is 0.306 e. The van der Waals surface area contributed by atoms with Gasteiger partial charge in [0.05, 0.1) is 5.69 Å². The van der Waals surface area contributed by atoms with Crippen LogP contribution in [0.15, 0.2) is 59.6 Å². The van der Waals surface area contributed by atoms with Gasteiger partial charge in [-0.05, 0) is 24.6 Å². The topological polar surface area (TPSA) is 49.7 Å². The van der Waals surface area contributed by atoms with Crippen molar-refractivity contribution in [1.29, 1.82) is 0 Å². The number of anilines is 1. The smallest absolute Gasteiger partial charge is 0.277 e. The van der Waals surface area contributed by atoms with Crippen LogP contribution in [0.25, 0.3) is 0 Å². The van der Waals surface area contributed by atoms with Crippen LogP contribution in [0.4, 0.5) is 5.69 Å². The Balaban J connectivity index is 2.02. The first-order valence-corrected chi connectivity index (χ1v) is 7.31. The van der Waals surface area contributed by atoms with Crippen molar-refractivity contribution in [3.05, 3.63) is 65.7 Å². The van der Waals surface area contributed by atoms with Gasteiger partial charge in [-0.1, -0.05) is 43.3 Å². The Morgan fingerprint density at radius 3 is 2.45 bits per heavy atom. The van der Waals surface area contributed by atoms with Gasteiger partial charge in [-0.15, -0.1) is 0 Å². The zero-order chi connectivity index (χ0) is 15.5. The van der Waals surface area contributed by atoms with Crippen LogP contribution < -0.4 is 4.90 Å². The van der Waals surface area contributed by atoms with Crippen LogP contribution in [0.3, 0.4) is 0 Å². The molecule has 0 unspecified atom stereocenters. The molecule has 1 aliphatic heterocycles. The van der Waals surface area contributed by atoms with E-state index in [2.05, 4.69) is 4.99 Å². The summed E-state index contributed by atoms with van der Waals surface area (Å²) in [5.74, 6) is -0.593. The van der Waals surface area contributed by atoms with Gasteiger partial charge in [-0.2, -0.15) is 0 Å². The minimum atomic E-state index is -0.392. The highest BCUT2D eigenvalue weighted by molar-refractivity contribution is 6.55. The lowest BCUT2D eigenvalue weighted by atomic mass is 10.1. The molecule has 0 aliphatic carbocycles. The van der Waals surface area contributed by atoms with Crippen LogP contribution in [0.5, 0.6) is 0 Å². The highest BCUT2D eigenvalue weighted by Gasteiger charge is 2.33. The molecule has 4 heteroatoms. The Bertz CT molecular complexity index is 751. The maximum Gasteiger partial charge on any atom is 0.277 e. The summed E-state index contributed by atoms with van der Waals surface area (Å²) in [6.45, 7) is 2.63. The van der Waals surface area contributed by atoms with Gasteiger partial charge < -0.3 is 4.90 Å². The van der Waals surface area contributed by atoms with E-state index in [0.29, 0.717) is 12.1 Å². The Morgan fingerprint density at radius 2 is 1.73 bits per heavy atom. The summed E-state index contributed by atoms with van der Waals surface area (Å²) in [5, 5.41) is 0. The molecule has 0 saturated carbocycles. The van der Waals surface area contributed by atoms with E-state index in [4.69, 9.17) is 0 Å². The van der Waals surface area contributed by atoms with Crippen LogP contribution in [-0.2, 0) is 4.79 Å². The lowest BCUT2D eigenvalue weighted by molar-refractivity contribution is -0.112. The molecule has 0 spiro atoms. The minimum absolute atomic E-state index is 0.202. The molecule has 2 aromatic rings. The van der Waals surface area contributed by atoms with E-state index in [1.54, 1.807) is 29.2 Å². The third-order valence-corrected chi connectivity index (χ3v) is 3.58. The van der Waals surface area contributed by atoms with Gasteiger partial charge >= 0.3 is 0 Å². The van der Waals surface area contributed by atoms with Crippen molar-refractivity contribution in [2.45, 2.75) is 13.3 Å². The standard InChI is InChI=1S/C18H16N2O2/c1-2-12-20-15-11-7-6-10-14(15)16(18(20)22)19-17(21)13-8-4-3-5-9-13/h3-11H,2,12H2,1H3/b19-16-. The number of benzene rings is 2. The van der Waals surface area contributed by atoms with E-state index in [0.717, 1.165) is 17.7 Å². The van der Waals surface area contributed by atoms with Crippen LogP contribution in [-0.4, -0.2) is 24.1 Å². The molecule has 0 bridgehead atoms. The van der Waals surface area contributed by atoms with Gasteiger partial charge in [-0.3, -0.25) is 9.59 Å². The molecule has 1 heterocycles. The summed E-state index contributed by atoms with van der Waals surface area (Å²) in [5.41, 5.74) is 2.27. The van der Waals surface area contributed by atoms with Crippen molar-refractivity contribution in [1.82, 2.24) is 0 Å². The second kappa shape index (κ2) is 5.93. The molecule has 2 amide bonds. The summed E-state index contributed by atoms with van der Waals surface area (Å²) in [7, 11) is 0. The maximum absolute atomic E-state index is 12.6. The Kier molecular flexibility index (Phi) is 3.83. The molecule has 0 N–H and O–H groups in total. The predicted octanol–water partition coefficient (Wildman–Crippen LogP) is 3.07. The zero-order valence-corrected chi connectivity index (χ0v) is 12.3. The lowest BCUT2D eigenvalue weighted by Gasteiger charge is -2.14. The molecule has 0 aromatic heterocycles. The molecule has 0 fully saturated rings. The van der Waals surface area contributed by atoms with Gasteiger partial charge in [0.25, 0.3) is 11.8 Å². The fourth-order valence-corrected chi connectivity index (χ4v) is 2.56. The third kappa shape index (κ3) is 2.44. The van der Waals surface area contributed by atoms with Gasteiger partial charge in [-0.25, -0.2) is 4.99 Å². The zero-order valence-electron chi connectivity index (χ0n) is 12.3. The molecule has 2 aromatic carbocycles. The monoisotopic (exact) mass is 292 g/mol. The molecular weight excluding hydrogens is 276 g/mol. The van der Waals surface area contributed by atoms with Gasteiger partial charge in [0.2, 0.25) is 0 Å². The highest BCUT2D eigenvalue weighted by atomic mass is 16.2. The first-order valence-electron chi connectivity index (χ1n) is 7.31. The minimum Gasteiger partial charge on any atom is -0.306 e. The van der Waals surface area contributed by atoms with E-state index >= 15 is 0 Å². The molecule has 110 valence electrons. The van der Waals surface area contributed by atoms with Crippen molar-refractivity contribution < 1.29 is 9.59 Å². The van der Waals surface area contributed by atoms with Crippen LogP contribution in [0.2, 0.25) is 0 Å². The summed E-state index contributed by atoms with van der Waals surface area (Å²) in [6, 6.07) is 16.2. The lowest BCUT2D eigenvalue weighted by Crippen LogP contribution is -2.31. The van der Waals surface area contributed by atoms with Crippen molar-refractivity contribution in [3.63, 3.8) is 0 Å². The number of aliphatic imine (C=N–C) groups is 1. The third-order valence-electron chi connectivity index (χ3n) is 3.58. The summed E-state index contributed by atoms with van der Waals surface area (Å²) >= 11 is 0. The number of hydrogen-bond acceptors (Lipinski definition) is 2. The maximum atomic E-state index is 12.6. The fourth-order valence-electron chi connectivity index (χ4n) is 2.56. The quantitative estimate of drug-likeness (QED) is 0.873. The molecule has 0 saturated heterocycles. The molecule has 0 radical (unpaired) electrons. The van der Waals surface area contributed by atoms with Gasteiger partial charge in [0.1, 0.15) is 5.71 Å². The highest BCUT2D eigenvalue weighted by Crippen LogP contribution is 2.29. The average Bonchev–Trinajstić information content (AvgIpc) is 2.82. The molecule has 22 heavy (non-hydrogen) atoms. The molecule has 0 atom stereocenters. The molecular formula is C18H16N2O2. The number of fused-ring (bicyclic) bond motifs is 1. The van der Waals surface area contributed by atoms with Gasteiger partial charge in [0, 0.05) is 17.7 Å². The first-order chi connectivity index (χ1) is 10.7. The second-order valence-corrected chi connectivity index (χ2v) is 5.11. The fraction of sp³-hybridized carbons (Fsp3) is 0.167. The number of hydrogen-bond donors (Lipinski definition) is 0.